The van der Waals surface area contributed by atoms with Crippen LogP contribution in [0.25, 0.3) is 0 Å². The first-order chi connectivity index (χ1) is 11.5. The summed E-state index contributed by atoms with van der Waals surface area (Å²) in [6.45, 7) is 7.32. The van der Waals surface area contributed by atoms with Gasteiger partial charge in [0.1, 0.15) is 0 Å². The van der Waals surface area contributed by atoms with Gasteiger partial charge in [-0.25, -0.2) is 4.79 Å². The molecule has 25 heavy (non-hydrogen) atoms. The van der Waals surface area contributed by atoms with Crippen molar-refractivity contribution in [1.29, 1.82) is 0 Å². The molecule has 2 rings (SSSR count). The molecule has 0 aliphatic rings. The predicted octanol–water partition coefficient (Wildman–Crippen LogP) is 4.90. The third kappa shape index (κ3) is 5.48. The Morgan fingerprint density at radius 1 is 1.20 bits per heavy atom. The van der Waals surface area contributed by atoms with E-state index in [2.05, 4.69) is 10.1 Å². The van der Waals surface area contributed by atoms with Crippen molar-refractivity contribution >= 4 is 17.7 Å². The van der Waals surface area contributed by atoms with Gasteiger partial charge in [-0.3, -0.25) is 0 Å². The van der Waals surface area contributed by atoms with Gasteiger partial charge in [0.2, 0.25) is 0 Å². The zero-order chi connectivity index (χ0) is 18.8. The van der Waals surface area contributed by atoms with Gasteiger partial charge >= 0.3 is 11.5 Å². The molecule has 9 heteroatoms. The molecule has 0 radical (unpaired) electrons. The summed E-state index contributed by atoms with van der Waals surface area (Å²) in [4.78, 5) is 16.3. The second kappa shape index (κ2) is 7.07. The monoisotopic (exact) mass is 374 g/mol. The average molecular weight is 374 g/mol. The first-order valence-corrected chi connectivity index (χ1v) is 8.18. The summed E-state index contributed by atoms with van der Waals surface area (Å²) >= 11 is -0.248. The standard InChI is InChI=1S/C16H17F3N2O3S/c1-9(12-20-14(21-24-12)15(2,3)4)23-13(22)10-5-7-11(8-6-10)25-16(17,18)19/h5-9H,1-4H3. The fourth-order valence-corrected chi connectivity index (χ4v) is 2.32. The molecule has 0 spiro atoms. The van der Waals surface area contributed by atoms with E-state index in [1.54, 1.807) is 6.92 Å². The van der Waals surface area contributed by atoms with E-state index in [1.807, 2.05) is 20.8 Å². The molecule has 136 valence electrons. The smallest absolute Gasteiger partial charge is 0.446 e. The normalized spacial score (nSPS) is 13.6. The van der Waals surface area contributed by atoms with Crippen LogP contribution in [0.5, 0.6) is 0 Å². The lowest BCUT2D eigenvalue weighted by atomic mass is 9.96. The molecular formula is C16H17F3N2O3S. The van der Waals surface area contributed by atoms with Crippen LogP contribution in [0.1, 0.15) is 55.9 Å². The minimum Gasteiger partial charge on any atom is -0.449 e. The van der Waals surface area contributed by atoms with Crippen molar-refractivity contribution in [2.75, 3.05) is 0 Å². The maximum Gasteiger partial charge on any atom is 0.446 e. The minimum absolute atomic E-state index is 0.0104. The van der Waals surface area contributed by atoms with E-state index < -0.39 is 17.6 Å². The fourth-order valence-electron chi connectivity index (χ4n) is 1.78. The van der Waals surface area contributed by atoms with E-state index in [9.17, 15) is 18.0 Å². The van der Waals surface area contributed by atoms with Gasteiger partial charge < -0.3 is 9.26 Å². The number of nitrogens with zero attached hydrogens (tertiary/aromatic N) is 2. The largest absolute Gasteiger partial charge is 0.449 e. The molecule has 0 saturated carbocycles. The van der Waals surface area contributed by atoms with E-state index in [4.69, 9.17) is 9.26 Å². The topological polar surface area (TPSA) is 65.2 Å². The first kappa shape index (κ1) is 19.3. The zero-order valence-corrected chi connectivity index (χ0v) is 14.9. The number of rotatable bonds is 4. The van der Waals surface area contributed by atoms with E-state index >= 15 is 0 Å². The Balaban J connectivity index is 2.02. The molecule has 0 fully saturated rings. The number of aromatic nitrogens is 2. The van der Waals surface area contributed by atoms with Crippen molar-refractivity contribution in [1.82, 2.24) is 10.1 Å². The van der Waals surface area contributed by atoms with Gasteiger partial charge in [0.25, 0.3) is 5.89 Å². The van der Waals surface area contributed by atoms with Gasteiger partial charge in [-0.2, -0.15) is 18.2 Å². The summed E-state index contributed by atoms with van der Waals surface area (Å²) in [5.74, 6) is -0.0481. The maximum absolute atomic E-state index is 12.3. The Kier molecular flexibility index (Phi) is 5.46. The number of halogens is 3. The highest BCUT2D eigenvalue weighted by Crippen LogP contribution is 2.36. The van der Waals surface area contributed by atoms with Crippen LogP contribution in [0, 0.1) is 0 Å². The van der Waals surface area contributed by atoms with Crippen molar-refractivity contribution in [2.24, 2.45) is 0 Å². The molecule has 1 aromatic heterocycles. The molecule has 0 bridgehead atoms. The predicted molar refractivity (Wildman–Crippen MR) is 85.2 cm³/mol. The van der Waals surface area contributed by atoms with E-state index in [-0.39, 0.29) is 33.5 Å². The van der Waals surface area contributed by atoms with E-state index in [0.29, 0.717) is 5.82 Å². The summed E-state index contributed by atoms with van der Waals surface area (Å²) in [6.07, 6.45) is -0.777. The number of hydrogen-bond donors (Lipinski definition) is 0. The molecule has 0 amide bonds. The molecule has 2 aromatic rings. The van der Waals surface area contributed by atoms with Gasteiger partial charge in [-0.1, -0.05) is 25.9 Å². The molecule has 1 unspecified atom stereocenters. The second-order valence-electron chi connectivity index (χ2n) is 6.33. The fraction of sp³-hybridized carbons (Fsp3) is 0.438. The van der Waals surface area contributed by atoms with Gasteiger partial charge in [-0.05, 0) is 43.0 Å². The second-order valence-corrected chi connectivity index (χ2v) is 7.46. The summed E-state index contributed by atoms with van der Waals surface area (Å²) in [5.41, 5.74) is -4.55. The quantitative estimate of drug-likeness (QED) is 0.560. The molecule has 1 heterocycles. The molecule has 0 N–H and O–H groups in total. The van der Waals surface area contributed by atoms with E-state index in [1.165, 1.54) is 24.3 Å². The molecule has 0 saturated heterocycles. The Morgan fingerprint density at radius 2 is 1.80 bits per heavy atom. The summed E-state index contributed by atoms with van der Waals surface area (Å²) < 4.78 is 47.2. The van der Waals surface area contributed by atoms with Crippen LogP contribution >= 0.6 is 11.8 Å². The lowest BCUT2D eigenvalue weighted by Crippen LogP contribution is -2.14. The van der Waals surface area contributed by atoms with Gasteiger partial charge in [-0.15, -0.1) is 0 Å². The maximum atomic E-state index is 12.3. The van der Waals surface area contributed by atoms with Gasteiger partial charge in [0, 0.05) is 10.3 Å². The minimum atomic E-state index is -4.38. The third-order valence-electron chi connectivity index (χ3n) is 3.07. The number of benzene rings is 1. The summed E-state index contributed by atoms with van der Waals surface area (Å²) in [5, 5.41) is 3.85. The van der Waals surface area contributed by atoms with Crippen LogP contribution in [0.4, 0.5) is 13.2 Å². The lowest BCUT2D eigenvalue weighted by Gasteiger charge is -2.12. The number of thioether (sulfide) groups is 1. The van der Waals surface area contributed by atoms with Crippen LogP contribution in [0.15, 0.2) is 33.7 Å². The molecule has 1 aromatic carbocycles. The van der Waals surface area contributed by atoms with Gasteiger partial charge in [0.05, 0.1) is 5.56 Å². The van der Waals surface area contributed by atoms with Gasteiger partial charge in [0.15, 0.2) is 11.9 Å². The Hall–Kier alpha value is -2.03. The molecule has 1 atom stereocenters. The van der Waals surface area contributed by atoms with Crippen molar-refractivity contribution in [3.8, 4) is 0 Å². The lowest BCUT2D eigenvalue weighted by molar-refractivity contribution is -0.0328. The number of ether oxygens (including phenoxy) is 1. The highest BCUT2D eigenvalue weighted by molar-refractivity contribution is 8.00. The Labute approximate surface area is 146 Å². The number of carbonyl (C=O) groups excluding carboxylic acids is 1. The van der Waals surface area contributed by atoms with Crippen LogP contribution in [-0.4, -0.2) is 21.6 Å². The van der Waals surface area contributed by atoms with Crippen molar-refractivity contribution in [3.05, 3.63) is 41.5 Å². The van der Waals surface area contributed by atoms with Crippen LogP contribution < -0.4 is 0 Å². The van der Waals surface area contributed by atoms with E-state index in [0.717, 1.165) is 0 Å². The van der Waals surface area contributed by atoms with Crippen molar-refractivity contribution < 1.29 is 27.2 Å². The third-order valence-corrected chi connectivity index (χ3v) is 3.81. The molecule has 5 nitrogen and oxygen atoms in total. The SMILES string of the molecule is CC(OC(=O)c1ccc(SC(F)(F)F)cc1)c1nc(C(C)(C)C)no1. The number of esters is 1. The molecule has 0 aliphatic carbocycles. The summed E-state index contributed by atoms with van der Waals surface area (Å²) in [7, 11) is 0. The number of hydrogen-bond acceptors (Lipinski definition) is 6. The Morgan fingerprint density at radius 3 is 2.28 bits per heavy atom. The summed E-state index contributed by atoms with van der Waals surface area (Å²) in [6, 6.07) is 4.97. The first-order valence-electron chi connectivity index (χ1n) is 7.36. The average Bonchev–Trinajstić information content (AvgIpc) is 2.96. The Bertz CT molecular complexity index is 736. The number of alkyl halides is 3. The zero-order valence-electron chi connectivity index (χ0n) is 14.0. The number of carbonyl (C=O) groups is 1. The molecular weight excluding hydrogens is 357 g/mol. The highest BCUT2D eigenvalue weighted by atomic mass is 32.2. The highest BCUT2D eigenvalue weighted by Gasteiger charge is 2.29. The van der Waals surface area contributed by atoms with Crippen LogP contribution in [-0.2, 0) is 10.2 Å². The van der Waals surface area contributed by atoms with Crippen molar-refractivity contribution in [3.63, 3.8) is 0 Å². The van der Waals surface area contributed by atoms with Crippen molar-refractivity contribution in [2.45, 2.75) is 49.6 Å². The molecule has 0 aliphatic heterocycles. The van der Waals surface area contributed by atoms with Crippen LogP contribution in [0.3, 0.4) is 0 Å². The van der Waals surface area contributed by atoms with Crippen LogP contribution in [0.2, 0.25) is 0 Å².